The highest BCUT2D eigenvalue weighted by Crippen LogP contribution is 2.34. The molecule has 6 heteroatoms. The molecular formula is C22H26N4O2. The average Bonchev–Trinajstić information content (AvgIpc) is 3.08. The van der Waals surface area contributed by atoms with E-state index in [2.05, 4.69) is 10.00 Å². The molecule has 146 valence electrons. The molecule has 0 spiro atoms. The molecule has 2 atom stereocenters. The average molecular weight is 378 g/mol. The van der Waals surface area contributed by atoms with Gasteiger partial charge in [0, 0.05) is 38.1 Å². The summed E-state index contributed by atoms with van der Waals surface area (Å²) in [5.74, 6) is 0.868. The maximum Gasteiger partial charge on any atom is 0.256 e. The van der Waals surface area contributed by atoms with Gasteiger partial charge in [-0.3, -0.25) is 9.59 Å². The number of nitrogens with zero attached hydrogens (tertiary/aromatic N) is 4. The van der Waals surface area contributed by atoms with Crippen molar-refractivity contribution in [2.24, 2.45) is 11.8 Å². The number of hydrogen-bond donors (Lipinski definition) is 0. The summed E-state index contributed by atoms with van der Waals surface area (Å²) in [5.41, 5.74) is 1.43. The SMILES string of the molecule is O=C(c1ccccc1-n1cccn1)N1C[C@@H]2CC[C@H](C1)N(CC1CCC1)C2=O. The third kappa shape index (κ3) is 3.01. The van der Waals surface area contributed by atoms with Crippen LogP contribution in [-0.4, -0.2) is 57.1 Å². The second kappa shape index (κ2) is 7.08. The van der Waals surface area contributed by atoms with Crippen molar-refractivity contribution in [1.29, 1.82) is 0 Å². The molecule has 2 bridgehead atoms. The zero-order valence-electron chi connectivity index (χ0n) is 16.0. The molecule has 4 aliphatic rings. The Morgan fingerprint density at radius 1 is 1.07 bits per heavy atom. The standard InChI is InChI=1S/C22H26N4O2/c27-21-17-9-10-18(25(21)13-16-5-3-6-16)15-24(14-17)22(28)19-7-1-2-8-20(19)26-12-4-11-23-26/h1-2,4,7-8,11-12,16-18H,3,5-6,9-10,13-15H2/t17-,18+/m0/s1. The van der Waals surface area contributed by atoms with Gasteiger partial charge in [0.1, 0.15) is 0 Å². The molecule has 0 radical (unpaired) electrons. The first kappa shape index (κ1) is 17.5. The molecular weight excluding hydrogens is 352 g/mol. The van der Waals surface area contributed by atoms with Crippen molar-refractivity contribution in [3.05, 3.63) is 48.3 Å². The van der Waals surface area contributed by atoms with Crippen molar-refractivity contribution in [3.8, 4) is 5.69 Å². The van der Waals surface area contributed by atoms with Gasteiger partial charge in [0.2, 0.25) is 5.91 Å². The molecule has 4 heterocycles. The van der Waals surface area contributed by atoms with Crippen LogP contribution >= 0.6 is 0 Å². The first-order chi connectivity index (χ1) is 13.7. The summed E-state index contributed by atoms with van der Waals surface area (Å²) in [6, 6.07) is 9.60. The van der Waals surface area contributed by atoms with Crippen molar-refractivity contribution < 1.29 is 9.59 Å². The normalized spacial score (nSPS) is 24.9. The van der Waals surface area contributed by atoms with Gasteiger partial charge in [-0.1, -0.05) is 18.6 Å². The van der Waals surface area contributed by atoms with Crippen LogP contribution in [0.1, 0.15) is 42.5 Å². The number of carbonyl (C=O) groups excluding carboxylic acids is 2. The Morgan fingerprint density at radius 3 is 2.68 bits per heavy atom. The Balaban J connectivity index is 1.40. The number of piperidine rings is 1. The summed E-state index contributed by atoms with van der Waals surface area (Å²) in [6.07, 6.45) is 9.23. The molecule has 1 aliphatic carbocycles. The van der Waals surface area contributed by atoms with Crippen molar-refractivity contribution in [2.75, 3.05) is 19.6 Å². The van der Waals surface area contributed by atoms with Gasteiger partial charge in [0.05, 0.1) is 17.2 Å². The molecule has 4 fully saturated rings. The van der Waals surface area contributed by atoms with Crippen molar-refractivity contribution >= 4 is 11.8 Å². The van der Waals surface area contributed by atoms with Crippen LogP contribution in [-0.2, 0) is 4.79 Å². The molecule has 2 aromatic rings. The third-order valence-electron chi connectivity index (χ3n) is 6.65. The number of hydrogen-bond acceptors (Lipinski definition) is 3. The van der Waals surface area contributed by atoms with E-state index in [1.807, 2.05) is 41.4 Å². The van der Waals surface area contributed by atoms with E-state index in [0.717, 1.165) is 25.1 Å². The second-order valence-electron chi connectivity index (χ2n) is 8.39. The molecule has 0 unspecified atom stereocenters. The fraction of sp³-hybridized carbons (Fsp3) is 0.500. The molecule has 28 heavy (non-hydrogen) atoms. The lowest BCUT2D eigenvalue weighted by Gasteiger charge is -2.40. The van der Waals surface area contributed by atoms with Gasteiger partial charge in [-0.2, -0.15) is 5.10 Å². The Kier molecular flexibility index (Phi) is 4.41. The molecule has 3 aliphatic heterocycles. The molecule has 2 amide bonds. The molecule has 6 rings (SSSR count). The predicted molar refractivity (Wildman–Crippen MR) is 105 cm³/mol. The molecule has 6 nitrogen and oxygen atoms in total. The first-order valence-electron chi connectivity index (χ1n) is 10.4. The number of amides is 2. The van der Waals surface area contributed by atoms with Gasteiger partial charge in [-0.05, 0) is 49.8 Å². The lowest BCUT2D eigenvalue weighted by atomic mass is 9.83. The fourth-order valence-electron chi connectivity index (χ4n) is 4.84. The lowest BCUT2D eigenvalue weighted by Crippen LogP contribution is -2.50. The molecule has 3 saturated heterocycles. The molecule has 1 aromatic heterocycles. The largest absolute Gasteiger partial charge is 0.337 e. The summed E-state index contributed by atoms with van der Waals surface area (Å²) in [5, 5.41) is 4.29. The summed E-state index contributed by atoms with van der Waals surface area (Å²) < 4.78 is 1.73. The van der Waals surface area contributed by atoms with Gasteiger partial charge < -0.3 is 9.80 Å². The van der Waals surface area contributed by atoms with Crippen LogP contribution in [0.3, 0.4) is 0 Å². The predicted octanol–water partition coefficient (Wildman–Crippen LogP) is 2.74. The smallest absolute Gasteiger partial charge is 0.256 e. The number of benzene rings is 1. The minimum Gasteiger partial charge on any atom is -0.337 e. The van der Waals surface area contributed by atoms with E-state index in [1.165, 1.54) is 19.3 Å². The molecule has 1 saturated carbocycles. The quantitative estimate of drug-likeness (QED) is 0.822. The van der Waals surface area contributed by atoms with Crippen LogP contribution in [0.15, 0.2) is 42.7 Å². The van der Waals surface area contributed by atoms with E-state index in [4.69, 9.17) is 0 Å². The Labute approximate surface area is 165 Å². The van der Waals surface area contributed by atoms with Gasteiger partial charge in [0.15, 0.2) is 0 Å². The highest BCUT2D eigenvalue weighted by atomic mass is 16.2. The highest BCUT2D eigenvalue weighted by molar-refractivity contribution is 5.98. The zero-order chi connectivity index (χ0) is 19.1. The first-order valence-corrected chi connectivity index (χ1v) is 10.4. The molecule has 1 aromatic carbocycles. The van der Waals surface area contributed by atoms with Crippen LogP contribution in [0.25, 0.3) is 5.69 Å². The van der Waals surface area contributed by atoms with E-state index in [0.29, 0.717) is 24.6 Å². The lowest BCUT2D eigenvalue weighted by molar-refractivity contribution is -0.141. The minimum absolute atomic E-state index is 0.00120. The van der Waals surface area contributed by atoms with E-state index >= 15 is 0 Å². The topological polar surface area (TPSA) is 58.4 Å². The Morgan fingerprint density at radius 2 is 1.93 bits per heavy atom. The molecule has 0 N–H and O–H groups in total. The van der Waals surface area contributed by atoms with Crippen molar-refractivity contribution in [3.63, 3.8) is 0 Å². The van der Waals surface area contributed by atoms with E-state index in [-0.39, 0.29) is 23.8 Å². The maximum absolute atomic E-state index is 13.4. The fourth-order valence-corrected chi connectivity index (χ4v) is 4.84. The minimum atomic E-state index is -0.0559. The number of fused-ring (bicyclic) bond motifs is 4. The van der Waals surface area contributed by atoms with Gasteiger partial charge >= 0.3 is 0 Å². The van der Waals surface area contributed by atoms with Crippen LogP contribution in [0.2, 0.25) is 0 Å². The van der Waals surface area contributed by atoms with Crippen LogP contribution in [0.4, 0.5) is 0 Å². The van der Waals surface area contributed by atoms with E-state index < -0.39 is 0 Å². The van der Waals surface area contributed by atoms with E-state index in [9.17, 15) is 9.59 Å². The summed E-state index contributed by atoms with van der Waals surface area (Å²) in [7, 11) is 0. The maximum atomic E-state index is 13.4. The summed E-state index contributed by atoms with van der Waals surface area (Å²) in [6.45, 7) is 2.05. The van der Waals surface area contributed by atoms with Crippen molar-refractivity contribution in [2.45, 2.75) is 38.1 Å². The van der Waals surface area contributed by atoms with Crippen LogP contribution in [0.5, 0.6) is 0 Å². The summed E-state index contributed by atoms with van der Waals surface area (Å²) in [4.78, 5) is 30.5. The zero-order valence-corrected chi connectivity index (χ0v) is 16.0. The highest BCUT2D eigenvalue weighted by Gasteiger charge is 2.43. The van der Waals surface area contributed by atoms with Gasteiger partial charge in [0.25, 0.3) is 5.91 Å². The summed E-state index contributed by atoms with van der Waals surface area (Å²) >= 11 is 0. The van der Waals surface area contributed by atoms with Crippen LogP contribution < -0.4 is 0 Å². The van der Waals surface area contributed by atoms with Crippen molar-refractivity contribution in [1.82, 2.24) is 19.6 Å². The van der Waals surface area contributed by atoms with E-state index in [1.54, 1.807) is 10.9 Å². The Bertz CT molecular complexity index is 874. The number of para-hydroxylation sites is 1. The number of aromatic nitrogens is 2. The van der Waals surface area contributed by atoms with Gasteiger partial charge in [-0.15, -0.1) is 0 Å². The van der Waals surface area contributed by atoms with Gasteiger partial charge in [-0.25, -0.2) is 4.68 Å². The number of carbonyl (C=O) groups is 2. The Hall–Kier alpha value is -2.63. The third-order valence-corrected chi connectivity index (χ3v) is 6.65. The van der Waals surface area contributed by atoms with Crippen LogP contribution in [0, 0.1) is 11.8 Å². The monoisotopic (exact) mass is 378 g/mol. The second-order valence-corrected chi connectivity index (χ2v) is 8.39. The number of rotatable bonds is 4.